The highest BCUT2D eigenvalue weighted by atomic mass is 16.1. The van der Waals surface area contributed by atoms with E-state index in [1.54, 1.807) is 0 Å². The summed E-state index contributed by atoms with van der Waals surface area (Å²) in [5, 5.41) is 2.79. The molecule has 6 heteroatoms. The summed E-state index contributed by atoms with van der Waals surface area (Å²) in [5.41, 5.74) is 2.09. The predicted molar refractivity (Wildman–Crippen MR) is 78.9 cm³/mol. The molecule has 0 radical (unpaired) electrons. The molecule has 0 atom stereocenters. The summed E-state index contributed by atoms with van der Waals surface area (Å²) >= 11 is 0. The van der Waals surface area contributed by atoms with Gasteiger partial charge in [0.15, 0.2) is 0 Å². The van der Waals surface area contributed by atoms with E-state index in [-0.39, 0.29) is 11.5 Å². The first kappa shape index (κ1) is 13.1. The molecule has 0 unspecified atom stereocenters. The van der Waals surface area contributed by atoms with Crippen LogP contribution >= 0.6 is 0 Å². The van der Waals surface area contributed by atoms with Crippen LogP contribution in [0.15, 0.2) is 47.4 Å². The number of nitrogens with one attached hydrogen (secondary N) is 2. The third-order valence-corrected chi connectivity index (χ3v) is 3.33. The largest absolute Gasteiger partial charge is 0.345 e. The number of aromatic amines is 1. The van der Waals surface area contributed by atoms with Crippen molar-refractivity contribution in [3.8, 4) is 0 Å². The molecule has 3 aromatic rings. The Morgan fingerprint density at radius 2 is 2.10 bits per heavy atom. The SMILES string of the molecule is Cn1c(CNC(=O)c2ccc(=O)[nH]c2)nc2ccccc21. The molecule has 106 valence electrons. The van der Waals surface area contributed by atoms with Gasteiger partial charge in [-0.1, -0.05) is 12.1 Å². The van der Waals surface area contributed by atoms with Gasteiger partial charge >= 0.3 is 0 Å². The molecule has 2 heterocycles. The summed E-state index contributed by atoms with van der Waals surface area (Å²) in [6.45, 7) is 0.323. The number of carbonyl (C=O) groups excluding carboxylic acids is 1. The highest BCUT2D eigenvalue weighted by molar-refractivity contribution is 5.93. The number of hydrogen-bond donors (Lipinski definition) is 2. The van der Waals surface area contributed by atoms with Gasteiger partial charge < -0.3 is 14.9 Å². The average molecular weight is 282 g/mol. The topological polar surface area (TPSA) is 79.8 Å². The van der Waals surface area contributed by atoms with Gasteiger partial charge in [0.25, 0.3) is 5.91 Å². The summed E-state index contributed by atoms with van der Waals surface area (Å²) in [5.74, 6) is 0.521. The quantitative estimate of drug-likeness (QED) is 0.757. The van der Waals surface area contributed by atoms with E-state index in [1.807, 2.05) is 35.9 Å². The van der Waals surface area contributed by atoms with Crippen LogP contribution in [0.4, 0.5) is 0 Å². The van der Waals surface area contributed by atoms with Crippen LogP contribution in [0.5, 0.6) is 0 Å². The molecule has 0 saturated carbocycles. The maximum absolute atomic E-state index is 12.0. The van der Waals surface area contributed by atoms with E-state index >= 15 is 0 Å². The number of benzene rings is 1. The number of H-pyrrole nitrogens is 1. The zero-order chi connectivity index (χ0) is 14.8. The number of imidazole rings is 1. The summed E-state index contributed by atoms with van der Waals surface area (Å²) in [7, 11) is 1.91. The standard InChI is InChI=1S/C15H14N4O2/c1-19-12-5-3-2-4-11(12)18-13(19)9-17-15(21)10-6-7-14(20)16-8-10/h2-8H,9H2,1H3,(H,16,20)(H,17,21). The second-order valence-electron chi connectivity index (χ2n) is 4.70. The third-order valence-electron chi connectivity index (χ3n) is 3.33. The van der Waals surface area contributed by atoms with Crippen LogP contribution in [0.3, 0.4) is 0 Å². The molecule has 1 aromatic carbocycles. The van der Waals surface area contributed by atoms with E-state index in [0.29, 0.717) is 12.1 Å². The van der Waals surface area contributed by atoms with Gasteiger partial charge in [-0.25, -0.2) is 4.98 Å². The molecule has 0 aliphatic carbocycles. The Morgan fingerprint density at radius 3 is 2.81 bits per heavy atom. The van der Waals surface area contributed by atoms with Crippen molar-refractivity contribution in [3.05, 3.63) is 64.3 Å². The molecule has 1 amide bonds. The zero-order valence-electron chi connectivity index (χ0n) is 11.5. The predicted octanol–water partition coefficient (Wildman–Crippen LogP) is 1.19. The number of fused-ring (bicyclic) bond motifs is 1. The summed E-state index contributed by atoms with van der Waals surface area (Å²) in [6.07, 6.45) is 1.40. The fourth-order valence-electron chi connectivity index (χ4n) is 2.17. The summed E-state index contributed by atoms with van der Waals surface area (Å²) in [4.78, 5) is 29.9. The fraction of sp³-hybridized carbons (Fsp3) is 0.133. The van der Waals surface area contributed by atoms with E-state index in [4.69, 9.17) is 0 Å². The Balaban J connectivity index is 1.77. The zero-order valence-corrected chi connectivity index (χ0v) is 11.5. The van der Waals surface area contributed by atoms with Crippen molar-refractivity contribution in [2.75, 3.05) is 0 Å². The molecule has 2 aromatic heterocycles. The average Bonchev–Trinajstić information content (AvgIpc) is 2.82. The van der Waals surface area contributed by atoms with Crippen LogP contribution in [0.1, 0.15) is 16.2 Å². The lowest BCUT2D eigenvalue weighted by atomic mass is 10.2. The molecular formula is C15H14N4O2. The highest BCUT2D eigenvalue weighted by Crippen LogP contribution is 2.13. The molecular weight excluding hydrogens is 268 g/mol. The van der Waals surface area contributed by atoms with Crippen LogP contribution < -0.4 is 10.9 Å². The van der Waals surface area contributed by atoms with Gasteiger partial charge in [0.2, 0.25) is 5.56 Å². The van der Waals surface area contributed by atoms with Gasteiger partial charge in [-0.05, 0) is 18.2 Å². The Kier molecular flexibility index (Phi) is 3.27. The molecule has 0 spiro atoms. The maximum atomic E-state index is 12.0. The number of nitrogens with zero attached hydrogens (tertiary/aromatic N) is 2. The molecule has 6 nitrogen and oxygen atoms in total. The molecule has 2 N–H and O–H groups in total. The minimum atomic E-state index is -0.252. The maximum Gasteiger partial charge on any atom is 0.253 e. The number of aromatic nitrogens is 3. The Labute approximate surface area is 120 Å². The number of pyridine rings is 1. The number of para-hydroxylation sites is 2. The van der Waals surface area contributed by atoms with Gasteiger partial charge in [-0.15, -0.1) is 0 Å². The van der Waals surface area contributed by atoms with E-state index in [1.165, 1.54) is 18.3 Å². The number of aryl methyl sites for hydroxylation is 1. The first-order valence-electron chi connectivity index (χ1n) is 6.52. The second kappa shape index (κ2) is 5.24. The lowest BCUT2D eigenvalue weighted by Gasteiger charge is -2.05. The van der Waals surface area contributed by atoms with Gasteiger partial charge in [-0.3, -0.25) is 9.59 Å². The van der Waals surface area contributed by atoms with Crippen LogP contribution in [-0.4, -0.2) is 20.4 Å². The normalized spacial score (nSPS) is 10.7. The van der Waals surface area contributed by atoms with Crippen molar-refractivity contribution >= 4 is 16.9 Å². The first-order valence-corrected chi connectivity index (χ1v) is 6.52. The van der Waals surface area contributed by atoms with Crippen molar-refractivity contribution in [3.63, 3.8) is 0 Å². The molecule has 0 aliphatic rings. The Hall–Kier alpha value is -2.89. The smallest absolute Gasteiger partial charge is 0.253 e. The van der Waals surface area contributed by atoms with E-state index in [2.05, 4.69) is 15.3 Å². The van der Waals surface area contributed by atoms with Crippen LogP contribution in [-0.2, 0) is 13.6 Å². The molecule has 21 heavy (non-hydrogen) atoms. The molecule has 3 rings (SSSR count). The van der Waals surface area contributed by atoms with Crippen molar-refractivity contribution in [2.45, 2.75) is 6.54 Å². The Morgan fingerprint density at radius 1 is 1.29 bits per heavy atom. The summed E-state index contributed by atoms with van der Waals surface area (Å²) in [6, 6.07) is 10.6. The van der Waals surface area contributed by atoms with Crippen molar-refractivity contribution in [1.29, 1.82) is 0 Å². The highest BCUT2D eigenvalue weighted by Gasteiger charge is 2.09. The van der Waals surface area contributed by atoms with Gasteiger partial charge in [0.05, 0.1) is 23.1 Å². The molecule has 0 aliphatic heterocycles. The van der Waals surface area contributed by atoms with Crippen molar-refractivity contribution in [2.24, 2.45) is 7.05 Å². The minimum Gasteiger partial charge on any atom is -0.345 e. The van der Waals surface area contributed by atoms with Crippen molar-refractivity contribution in [1.82, 2.24) is 19.9 Å². The van der Waals surface area contributed by atoms with Crippen molar-refractivity contribution < 1.29 is 4.79 Å². The van der Waals surface area contributed by atoms with Gasteiger partial charge in [0.1, 0.15) is 5.82 Å². The van der Waals surface area contributed by atoms with Crippen LogP contribution in [0.25, 0.3) is 11.0 Å². The molecule has 0 saturated heterocycles. The van der Waals surface area contributed by atoms with Crippen LogP contribution in [0, 0.1) is 0 Å². The first-order chi connectivity index (χ1) is 10.1. The summed E-state index contributed by atoms with van der Waals surface area (Å²) < 4.78 is 1.95. The Bertz CT molecular complexity index is 843. The number of rotatable bonds is 3. The third kappa shape index (κ3) is 2.55. The van der Waals surface area contributed by atoms with Gasteiger partial charge in [-0.2, -0.15) is 0 Å². The van der Waals surface area contributed by atoms with E-state index in [0.717, 1.165) is 16.9 Å². The van der Waals surface area contributed by atoms with E-state index < -0.39 is 0 Å². The fourth-order valence-corrected chi connectivity index (χ4v) is 2.17. The number of carbonyl (C=O) groups is 1. The molecule has 0 fully saturated rings. The lowest BCUT2D eigenvalue weighted by Crippen LogP contribution is -2.25. The number of hydrogen-bond acceptors (Lipinski definition) is 3. The monoisotopic (exact) mass is 282 g/mol. The molecule has 0 bridgehead atoms. The lowest BCUT2D eigenvalue weighted by molar-refractivity contribution is 0.0949. The number of amides is 1. The van der Waals surface area contributed by atoms with Gasteiger partial charge in [0, 0.05) is 19.3 Å². The van der Waals surface area contributed by atoms with Crippen LogP contribution in [0.2, 0.25) is 0 Å². The minimum absolute atomic E-state index is 0.234. The van der Waals surface area contributed by atoms with E-state index in [9.17, 15) is 9.59 Å². The second-order valence-corrected chi connectivity index (χ2v) is 4.70.